The summed E-state index contributed by atoms with van der Waals surface area (Å²) < 4.78 is 1.89. The number of pyridine rings is 1. The highest BCUT2D eigenvalue weighted by atomic mass is 79.9. The highest BCUT2D eigenvalue weighted by Gasteiger charge is 2.13. The van der Waals surface area contributed by atoms with E-state index in [-0.39, 0.29) is 11.7 Å². The number of halogens is 2. The molecule has 0 bridgehead atoms. The molecule has 0 aliphatic rings. The lowest BCUT2D eigenvalue weighted by molar-refractivity contribution is -0.120. The second-order valence-electron chi connectivity index (χ2n) is 3.30. The van der Waals surface area contributed by atoms with Gasteiger partial charge in [0.15, 0.2) is 0 Å². The van der Waals surface area contributed by atoms with Crippen LogP contribution in [0.3, 0.4) is 0 Å². The highest BCUT2D eigenvalue weighted by Crippen LogP contribution is 2.26. The molecule has 0 aromatic carbocycles. The minimum atomic E-state index is 0.0463. The number of carbonyl (C=O) groups excluding carboxylic acids is 1. The van der Waals surface area contributed by atoms with E-state index >= 15 is 0 Å². The predicted molar refractivity (Wildman–Crippen MR) is 63.2 cm³/mol. The summed E-state index contributed by atoms with van der Waals surface area (Å²) in [5.41, 5.74) is 1.10. The molecule has 1 rings (SSSR count). The van der Waals surface area contributed by atoms with Crippen molar-refractivity contribution < 1.29 is 4.79 Å². The molecule has 0 aliphatic heterocycles. The smallest absolute Gasteiger partial charge is 0.132 e. The quantitative estimate of drug-likeness (QED) is 0.854. The van der Waals surface area contributed by atoms with Crippen molar-refractivity contribution >= 4 is 37.6 Å². The van der Waals surface area contributed by atoms with Crippen LogP contribution in [0, 0.1) is 5.92 Å². The van der Waals surface area contributed by atoms with E-state index in [1.165, 1.54) is 0 Å². The number of Topliss-reactive ketones (excluding diaryl/α,β-unsaturated/α-hetero) is 1. The highest BCUT2D eigenvalue weighted by molar-refractivity contribution is 9.11. The van der Waals surface area contributed by atoms with E-state index in [0.29, 0.717) is 0 Å². The van der Waals surface area contributed by atoms with Crippen LogP contribution < -0.4 is 0 Å². The lowest BCUT2D eigenvalue weighted by Gasteiger charge is -2.10. The molecule has 1 heterocycles. The van der Waals surface area contributed by atoms with Crippen LogP contribution in [-0.4, -0.2) is 10.8 Å². The Labute approximate surface area is 100 Å². The molecule has 1 aromatic heterocycles. The third-order valence-electron chi connectivity index (χ3n) is 2.16. The fourth-order valence-electron chi connectivity index (χ4n) is 1.08. The van der Waals surface area contributed by atoms with E-state index in [1.807, 2.05) is 6.92 Å². The van der Waals surface area contributed by atoms with Crippen molar-refractivity contribution in [2.75, 3.05) is 0 Å². The van der Waals surface area contributed by atoms with E-state index in [4.69, 9.17) is 0 Å². The molecule has 0 amide bonds. The van der Waals surface area contributed by atoms with Crippen molar-refractivity contribution in [1.82, 2.24) is 4.98 Å². The van der Waals surface area contributed by atoms with Crippen molar-refractivity contribution in [1.29, 1.82) is 0 Å². The number of aromatic nitrogens is 1. The predicted octanol–water partition coefficient (Wildman–Crippen LogP) is 3.37. The lowest BCUT2D eigenvalue weighted by atomic mass is 9.99. The zero-order valence-electron chi connectivity index (χ0n) is 8.05. The van der Waals surface area contributed by atoms with Gasteiger partial charge in [0.2, 0.25) is 0 Å². The Balaban J connectivity index is 2.91. The molecule has 0 unspecified atom stereocenters. The number of carbonyl (C=O) groups is 1. The van der Waals surface area contributed by atoms with E-state index < -0.39 is 0 Å². The first-order valence-electron chi connectivity index (χ1n) is 4.30. The Morgan fingerprint density at radius 3 is 2.36 bits per heavy atom. The van der Waals surface area contributed by atoms with E-state index in [2.05, 4.69) is 36.8 Å². The Morgan fingerprint density at radius 2 is 1.93 bits per heavy atom. The zero-order chi connectivity index (χ0) is 10.7. The van der Waals surface area contributed by atoms with E-state index in [0.717, 1.165) is 20.9 Å². The normalized spacial score (nSPS) is 12.6. The number of hydrogen-bond donors (Lipinski definition) is 0. The van der Waals surface area contributed by atoms with Gasteiger partial charge in [-0.3, -0.25) is 9.78 Å². The van der Waals surface area contributed by atoms with Gasteiger partial charge < -0.3 is 0 Å². The van der Waals surface area contributed by atoms with Crippen molar-refractivity contribution in [3.05, 3.63) is 26.9 Å². The molecule has 2 nitrogen and oxygen atoms in total. The topological polar surface area (TPSA) is 30.0 Å². The average molecular weight is 321 g/mol. The molecule has 0 radical (unpaired) electrons. The van der Waals surface area contributed by atoms with Gasteiger partial charge in [0.05, 0.1) is 0 Å². The van der Waals surface area contributed by atoms with Crippen molar-refractivity contribution in [3.8, 4) is 0 Å². The molecule has 0 aliphatic carbocycles. The maximum Gasteiger partial charge on any atom is 0.132 e. The summed E-state index contributed by atoms with van der Waals surface area (Å²) in [6.45, 7) is 3.55. The largest absolute Gasteiger partial charge is 0.300 e. The van der Waals surface area contributed by atoms with Crippen molar-refractivity contribution in [2.45, 2.75) is 20.3 Å². The van der Waals surface area contributed by atoms with Crippen LogP contribution in [0.1, 0.15) is 19.4 Å². The Hall–Kier alpha value is -0.220. The molecule has 14 heavy (non-hydrogen) atoms. The molecule has 0 saturated carbocycles. The van der Waals surface area contributed by atoms with Crippen LogP contribution in [-0.2, 0) is 11.2 Å². The van der Waals surface area contributed by atoms with Crippen molar-refractivity contribution in [2.24, 2.45) is 5.92 Å². The van der Waals surface area contributed by atoms with Crippen LogP contribution in [0.5, 0.6) is 0 Å². The van der Waals surface area contributed by atoms with Crippen LogP contribution in [0.25, 0.3) is 0 Å². The first kappa shape index (κ1) is 11.9. The fraction of sp³-hybridized carbons (Fsp3) is 0.400. The van der Waals surface area contributed by atoms with Crippen molar-refractivity contribution in [3.63, 3.8) is 0 Å². The summed E-state index contributed by atoms with van der Waals surface area (Å²) in [6.07, 6.45) is 4.22. The fourth-order valence-corrected chi connectivity index (χ4v) is 2.34. The van der Waals surface area contributed by atoms with Gasteiger partial charge >= 0.3 is 0 Å². The molecule has 0 fully saturated rings. The van der Waals surface area contributed by atoms with Gasteiger partial charge in [-0.2, -0.15) is 0 Å². The zero-order valence-corrected chi connectivity index (χ0v) is 11.2. The van der Waals surface area contributed by atoms with Gasteiger partial charge in [-0.1, -0.05) is 6.92 Å². The number of rotatable bonds is 3. The monoisotopic (exact) mass is 319 g/mol. The third kappa shape index (κ3) is 2.89. The van der Waals surface area contributed by atoms with Crippen LogP contribution >= 0.6 is 31.9 Å². The number of hydrogen-bond acceptors (Lipinski definition) is 2. The maximum atomic E-state index is 11.1. The van der Waals surface area contributed by atoms with Gasteiger partial charge in [0.1, 0.15) is 5.78 Å². The first-order valence-corrected chi connectivity index (χ1v) is 5.89. The Morgan fingerprint density at radius 1 is 1.43 bits per heavy atom. The molecule has 0 N–H and O–H groups in total. The molecule has 76 valence electrons. The van der Waals surface area contributed by atoms with Gasteiger partial charge in [0, 0.05) is 27.3 Å². The molecule has 4 heteroatoms. The first-order chi connectivity index (χ1) is 6.52. The Bertz CT molecular complexity index is 332. The number of ketones is 1. The number of nitrogens with zero attached hydrogens (tertiary/aromatic N) is 1. The van der Waals surface area contributed by atoms with Gasteiger partial charge in [-0.15, -0.1) is 0 Å². The van der Waals surface area contributed by atoms with Crippen LogP contribution in [0.4, 0.5) is 0 Å². The summed E-state index contributed by atoms with van der Waals surface area (Å²) >= 11 is 6.84. The standard InChI is InChI=1S/C10H11Br2NO/c1-6(7(2)14)3-8-9(11)4-13-5-10(8)12/h4-6H,3H2,1-2H3/t6-/m0/s1. The summed E-state index contributed by atoms with van der Waals surface area (Å²) in [5.74, 6) is 0.255. The van der Waals surface area contributed by atoms with Crippen LogP contribution in [0.2, 0.25) is 0 Å². The second kappa shape index (κ2) is 5.03. The second-order valence-corrected chi connectivity index (χ2v) is 5.01. The third-order valence-corrected chi connectivity index (χ3v) is 3.52. The average Bonchev–Trinajstić information content (AvgIpc) is 2.11. The van der Waals surface area contributed by atoms with E-state index in [9.17, 15) is 4.79 Å². The van der Waals surface area contributed by atoms with Crippen LogP contribution in [0.15, 0.2) is 21.3 Å². The van der Waals surface area contributed by atoms with E-state index in [1.54, 1.807) is 19.3 Å². The maximum absolute atomic E-state index is 11.1. The summed E-state index contributed by atoms with van der Waals surface area (Å²) in [6, 6.07) is 0. The van der Waals surface area contributed by atoms with Gasteiger partial charge in [-0.05, 0) is 50.8 Å². The molecule has 0 spiro atoms. The molecule has 0 saturated heterocycles. The summed E-state index contributed by atoms with van der Waals surface area (Å²) in [5, 5.41) is 0. The molecular weight excluding hydrogens is 310 g/mol. The summed E-state index contributed by atoms with van der Waals surface area (Å²) in [4.78, 5) is 15.1. The molecular formula is C10H11Br2NO. The summed E-state index contributed by atoms with van der Waals surface area (Å²) in [7, 11) is 0. The van der Waals surface area contributed by atoms with Gasteiger partial charge in [0.25, 0.3) is 0 Å². The lowest BCUT2D eigenvalue weighted by Crippen LogP contribution is -2.10. The van der Waals surface area contributed by atoms with Gasteiger partial charge in [-0.25, -0.2) is 0 Å². The minimum absolute atomic E-state index is 0.0463. The SMILES string of the molecule is CC(=O)[C@@H](C)Cc1c(Br)cncc1Br. The Kier molecular flexibility index (Phi) is 4.26. The molecule has 1 atom stereocenters. The minimum Gasteiger partial charge on any atom is -0.300 e. The molecule has 1 aromatic rings.